The topological polar surface area (TPSA) is 43.9 Å². The molecule has 2 unspecified atom stereocenters. The molecule has 122 valence electrons. The highest BCUT2D eigenvalue weighted by molar-refractivity contribution is 7.80. The summed E-state index contributed by atoms with van der Waals surface area (Å²) in [6, 6.07) is 8.79. The molecule has 0 bridgehead atoms. The normalized spacial score (nSPS) is 23.4. The van der Waals surface area contributed by atoms with Crippen LogP contribution in [0.15, 0.2) is 30.3 Å². The van der Waals surface area contributed by atoms with Gasteiger partial charge in [-0.2, -0.15) is 0 Å². The molecule has 0 spiro atoms. The maximum absolute atomic E-state index is 12.7. The Balaban J connectivity index is 1.88. The van der Waals surface area contributed by atoms with Crippen LogP contribution in [0.5, 0.6) is 0 Å². The molecule has 2 saturated heterocycles. The fourth-order valence-corrected chi connectivity index (χ4v) is 3.93. The Labute approximate surface area is 141 Å². The van der Waals surface area contributed by atoms with Gasteiger partial charge in [-0.15, -0.1) is 0 Å². The molecule has 0 N–H and O–H groups in total. The second-order valence-electron chi connectivity index (χ2n) is 5.82. The van der Waals surface area contributed by atoms with Crippen molar-refractivity contribution in [2.24, 2.45) is 0 Å². The van der Waals surface area contributed by atoms with Gasteiger partial charge in [-0.1, -0.05) is 18.2 Å². The van der Waals surface area contributed by atoms with E-state index in [2.05, 4.69) is 0 Å². The van der Waals surface area contributed by atoms with Gasteiger partial charge in [0.1, 0.15) is 12.1 Å². The summed E-state index contributed by atoms with van der Waals surface area (Å²) in [7, 11) is 0. The zero-order valence-electron chi connectivity index (χ0n) is 13.4. The molecule has 0 saturated carbocycles. The van der Waals surface area contributed by atoms with Gasteiger partial charge in [-0.05, 0) is 51.0 Å². The number of carbonyl (C=O) groups is 2. The third kappa shape index (κ3) is 2.51. The molecule has 1 aromatic carbocycles. The number of nitrogens with zero attached hydrogens (tertiary/aromatic N) is 3. The number of rotatable bonds is 4. The van der Waals surface area contributed by atoms with Crippen LogP contribution in [0.3, 0.4) is 0 Å². The molecule has 1 aromatic rings. The molecule has 0 aromatic heterocycles. The largest absolute Gasteiger partial charge is 0.341 e. The molecular weight excluding hydrogens is 310 g/mol. The Bertz CT molecular complexity index is 630. The number of benzene rings is 1. The van der Waals surface area contributed by atoms with Crippen LogP contribution in [-0.2, 0) is 9.59 Å². The maximum atomic E-state index is 12.7. The lowest BCUT2D eigenvalue weighted by molar-refractivity contribution is -0.134. The Morgan fingerprint density at radius 3 is 2.48 bits per heavy atom. The average Bonchev–Trinajstić information content (AvgIpc) is 3.10. The predicted octanol–water partition coefficient (Wildman–Crippen LogP) is 2.02. The van der Waals surface area contributed by atoms with E-state index in [0.717, 1.165) is 5.69 Å². The van der Waals surface area contributed by atoms with Crippen molar-refractivity contribution in [1.82, 2.24) is 9.80 Å². The Hall–Kier alpha value is -1.95. The van der Waals surface area contributed by atoms with Crippen LogP contribution in [0, 0.1) is 0 Å². The number of carbonyl (C=O) groups excluding carboxylic acids is 2. The highest BCUT2D eigenvalue weighted by atomic mass is 32.1. The lowest BCUT2D eigenvalue weighted by atomic mass is 10.1. The molecule has 2 fully saturated rings. The molecule has 5 nitrogen and oxygen atoms in total. The van der Waals surface area contributed by atoms with Crippen molar-refractivity contribution in [3.8, 4) is 0 Å². The van der Waals surface area contributed by atoms with E-state index in [9.17, 15) is 9.59 Å². The summed E-state index contributed by atoms with van der Waals surface area (Å²) >= 11 is 5.55. The monoisotopic (exact) mass is 331 g/mol. The third-order valence-corrected chi connectivity index (χ3v) is 5.07. The van der Waals surface area contributed by atoms with Gasteiger partial charge in [0.15, 0.2) is 5.11 Å². The first-order valence-corrected chi connectivity index (χ1v) is 8.51. The zero-order chi connectivity index (χ0) is 16.6. The van der Waals surface area contributed by atoms with Crippen molar-refractivity contribution >= 4 is 34.8 Å². The number of amides is 2. The highest BCUT2D eigenvalue weighted by Gasteiger charge is 2.52. The van der Waals surface area contributed by atoms with Crippen LogP contribution < -0.4 is 4.90 Å². The van der Waals surface area contributed by atoms with Gasteiger partial charge in [-0.3, -0.25) is 14.5 Å². The molecule has 2 aliphatic rings. The summed E-state index contributed by atoms with van der Waals surface area (Å²) in [6.07, 6.45) is 1.37. The Morgan fingerprint density at radius 1 is 1.22 bits per heavy atom. The fourth-order valence-electron chi connectivity index (χ4n) is 3.48. The van der Waals surface area contributed by atoms with Crippen LogP contribution in [0.25, 0.3) is 0 Å². The minimum absolute atomic E-state index is 0.0175. The number of anilines is 1. The lowest BCUT2D eigenvalue weighted by Crippen LogP contribution is -2.48. The second-order valence-corrected chi connectivity index (χ2v) is 6.18. The van der Waals surface area contributed by atoms with Gasteiger partial charge in [-0.25, -0.2) is 0 Å². The van der Waals surface area contributed by atoms with Crippen LogP contribution in [-0.4, -0.2) is 51.9 Å². The van der Waals surface area contributed by atoms with Gasteiger partial charge in [0, 0.05) is 13.1 Å². The summed E-state index contributed by atoms with van der Waals surface area (Å²) in [5.41, 5.74) is 0.769. The van der Waals surface area contributed by atoms with E-state index in [0.29, 0.717) is 31.0 Å². The maximum Gasteiger partial charge on any atom is 0.256 e. The summed E-state index contributed by atoms with van der Waals surface area (Å²) < 4.78 is 0. The van der Waals surface area contributed by atoms with Crippen LogP contribution in [0.1, 0.15) is 26.7 Å². The van der Waals surface area contributed by atoms with Gasteiger partial charge in [0.2, 0.25) is 5.91 Å². The first-order chi connectivity index (χ1) is 11.1. The van der Waals surface area contributed by atoms with E-state index in [1.807, 2.05) is 54.0 Å². The first kappa shape index (κ1) is 15.9. The van der Waals surface area contributed by atoms with Gasteiger partial charge in [0.25, 0.3) is 5.91 Å². The molecule has 23 heavy (non-hydrogen) atoms. The van der Waals surface area contributed by atoms with Crippen molar-refractivity contribution in [2.45, 2.75) is 38.8 Å². The van der Waals surface area contributed by atoms with E-state index in [-0.39, 0.29) is 23.9 Å². The fraction of sp³-hybridized carbons (Fsp3) is 0.471. The van der Waals surface area contributed by atoms with Gasteiger partial charge < -0.3 is 9.80 Å². The van der Waals surface area contributed by atoms with Crippen LogP contribution in [0.2, 0.25) is 0 Å². The van der Waals surface area contributed by atoms with Crippen molar-refractivity contribution in [2.75, 3.05) is 18.0 Å². The predicted molar refractivity (Wildman–Crippen MR) is 93.1 cm³/mol. The number of para-hydroxylation sites is 1. The quantitative estimate of drug-likeness (QED) is 0.792. The summed E-state index contributed by atoms with van der Waals surface area (Å²) in [5, 5.41) is 0.453. The standard InChI is InChI=1S/C17H21N3O2S/c1-3-18(4-2)15(21)13-10-11-14-16(22)19(17(23)20(13)14)12-8-6-5-7-9-12/h5-9,13-14H,3-4,10-11H2,1-2H3. The molecule has 0 aliphatic carbocycles. The number of likely N-dealkylation sites (N-methyl/N-ethyl adjacent to an activating group) is 1. The number of hydrogen-bond acceptors (Lipinski definition) is 3. The van der Waals surface area contributed by atoms with Crippen molar-refractivity contribution < 1.29 is 9.59 Å². The van der Waals surface area contributed by atoms with Crippen molar-refractivity contribution in [1.29, 1.82) is 0 Å². The first-order valence-electron chi connectivity index (χ1n) is 8.10. The molecule has 3 rings (SSSR count). The second kappa shape index (κ2) is 6.28. The molecule has 2 atom stereocenters. The smallest absolute Gasteiger partial charge is 0.256 e. The minimum atomic E-state index is -0.315. The van der Waals surface area contributed by atoms with E-state index >= 15 is 0 Å². The molecule has 2 amide bonds. The molecule has 0 radical (unpaired) electrons. The van der Waals surface area contributed by atoms with E-state index in [4.69, 9.17) is 12.2 Å². The van der Waals surface area contributed by atoms with Gasteiger partial charge in [0.05, 0.1) is 5.69 Å². The van der Waals surface area contributed by atoms with Crippen molar-refractivity contribution in [3.05, 3.63) is 30.3 Å². The van der Waals surface area contributed by atoms with Crippen LogP contribution >= 0.6 is 12.2 Å². The molecule has 2 aliphatic heterocycles. The van der Waals surface area contributed by atoms with E-state index < -0.39 is 0 Å². The SMILES string of the molecule is CCN(CC)C(=O)C1CCC2C(=O)N(c3ccccc3)C(=S)N12. The number of thiocarbonyl (C=S) groups is 1. The third-order valence-electron chi connectivity index (χ3n) is 4.68. The summed E-state index contributed by atoms with van der Waals surface area (Å²) in [6.45, 7) is 5.29. The molecule has 6 heteroatoms. The zero-order valence-corrected chi connectivity index (χ0v) is 14.3. The summed E-state index contributed by atoms with van der Waals surface area (Å²) in [5.74, 6) is 0.0543. The Morgan fingerprint density at radius 2 is 1.87 bits per heavy atom. The van der Waals surface area contributed by atoms with Gasteiger partial charge >= 0.3 is 0 Å². The molecular formula is C17H21N3O2S. The molecule has 2 heterocycles. The van der Waals surface area contributed by atoms with Crippen molar-refractivity contribution in [3.63, 3.8) is 0 Å². The lowest BCUT2D eigenvalue weighted by Gasteiger charge is -2.29. The van der Waals surface area contributed by atoms with E-state index in [1.54, 1.807) is 4.90 Å². The minimum Gasteiger partial charge on any atom is -0.341 e. The number of hydrogen-bond donors (Lipinski definition) is 0. The Kier molecular flexibility index (Phi) is 4.35. The van der Waals surface area contributed by atoms with Crippen LogP contribution in [0.4, 0.5) is 5.69 Å². The number of fused-ring (bicyclic) bond motifs is 1. The summed E-state index contributed by atoms with van der Waals surface area (Å²) in [4.78, 5) is 30.7. The van der Waals surface area contributed by atoms with E-state index in [1.165, 1.54) is 0 Å². The highest BCUT2D eigenvalue weighted by Crippen LogP contribution is 2.35. The average molecular weight is 331 g/mol.